The van der Waals surface area contributed by atoms with Gasteiger partial charge in [0, 0.05) is 20.7 Å². The molecule has 0 radical (unpaired) electrons. The molecule has 0 saturated carbocycles. The number of fused-ring (bicyclic) bond motifs is 1. The second-order valence-corrected chi connectivity index (χ2v) is 8.57. The highest BCUT2D eigenvalue weighted by molar-refractivity contribution is 7.85. The van der Waals surface area contributed by atoms with Crippen molar-refractivity contribution in [2.45, 2.75) is 0 Å². The quantitative estimate of drug-likeness (QED) is 0.379. The van der Waals surface area contributed by atoms with E-state index < -0.39 is 22.0 Å². The van der Waals surface area contributed by atoms with E-state index in [9.17, 15) is 13.2 Å². The van der Waals surface area contributed by atoms with Crippen LogP contribution in [0, 0.1) is 0 Å². The molecule has 1 amide bonds. The van der Waals surface area contributed by atoms with E-state index in [-0.39, 0.29) is 0 Å². The number of benzene rings is 2. The van der Waals surface area contributed by atoms with Crippen LogP contribution in [0.15, 0.2) is 53.5 Å². The molecule has 7 nitrogen and oxygen atoms in total. The van der Waals surface area contributed by atoms with Crippen LogP contribution in [0.1, 0.15) is 9.67 Å². The highest BCUT2D eigenvalue weighted by Gasteiger charge is 2.15. The standard InChI is InChI=1S/C17H14ClN3O4S2/c1-27(23,24)25-21-17(19)20-16(22)15-9-12-10(6-4-8-14(12)26-15)11-5-2-3-7-13(11)18/h2-9H,1H3,(H3,19,20,21,22). The summed E-state index contributed by atoms with van der Waals surface area (Å²) < 4.78 is 27.0. The Labute approximate surface area is 164 Å². The molecular weight excluding hydrogens is 410 g/mol. The summed E-state index contributed by atoms with van der Waals surface area (Å²) in [6, 6.07) is 14.8. The fraction of sp³-hybridized carbons (Fsp3) is 0.0588. The predicted octanol–water partition coefficient (Wildman–Crippen LogP) is 3.16. The van der Waals surface area contributed by atoms with Crippen molar-refractivity contribution in [3.05, 3.63) is 58.4 Å². The zero-order valence-electron chi connectivity index (χ0n) is 14.0. The Bertz CT molecular complexity index is 1160. The monoisotopic (exact) mass is 423 g/mol. The number of hydroxylamine groups is 1. The summed E-state index contributed by atoms with van der Waals surface area (Å²) in [6.07, 6.45) is 0.831. The Kier molecular flexibility index (Phi) is 5.47. The molecular formula is C17H14ClN3O4S2. The first kappa shape index (κ1) is 19.3. The van der Waals surface area contributed by atoms with E-state index in [0.29, 0.717) is 9.90 Å². The zero-order valence-corrected chi connectivity index (χ0v) is 16.4. The van der Waals surface area contributed by atoms with Gasteiger partial charge in [-0.1, -0.05) is 41.9 Å². The van der Waals surface area contributed by atoms with Gasteiger partial charge in [-0.25, -0.2) is 5.48 Å². The highest BCUT2D eigenvalue weighted by atomic mass is 35.5. The first-order valence-electron chi connectivity index (χ1n) is 7.55. The minimum absolute atomic E-state index is 0.341. The van der Waals surface area contributed by atoms with Crippen LogP contribution in [0.5, 0.6) is 0 Å². The summed E-state index contributed by atoms with van der Waals surface area (Å²) in [5.74, 6) is -1.09. The number of hydrogen-bond donors (Lipinski definition) is 2. The van der Waals surface area contributed by atoms with Crippen molar-refractivity contribution in [1.29, 1.82) is 0 Å². The lowest BCUT2D eigenvalue weighted by Crippen LogP contribution is -2.34. The average molecular weight is 424 g/mol. The summed E-state index contributed by atoms with van der Waals surface area (Å²) in [4.78, 5) is 16.3. The van der Waals surface area contributed by atoms with E-state index >= 15 is 0 Å². The van der Waals surface area contributed by atoms with Crippen LogP contribution < -0.4 is 11.2 Å². The maximum Gasteiger partial charge on any atom is 0.290 e. The number of nitrogens with zero attached hydrogens (tertiary/aromatic N) is 1. The molecule has 0 aliphatic rings. The molecule has 1 aromatic heterocycles. The van der Waals surface area contributed by atoms with Gasteiger partial charge >= 0.3 is 0 Å². The number of nitrogens with two attached hydrogens (primary N) is 1. The van der Waals surface area contributed by atoms with Crippen LogP contribution in [-0.4, -0.2) is 26.5 Å². The van der Waals surface area contributed by atoms with Gasteiger partial charge in [0.05, 0.1) is 11.1 Å². The first-order chi connectivity index (χ1) is 12.7. The van der Waals surface area contributed by atoms with E-state index in [1.165, 1.54) is 11.3 Å². The molecule has 0 bridgehead atoms. The molecule has 1 heterocycles. The number of aliphatic imine (C=N–C) groups is 1. The molecule has 2 aromatic carbocycles. The van der Waals surface area contributed by atoms with Crippen LogP contribution >= 0.6 is 22.9 Å². The third kappa shape index (κ3) is 4.64. The molecule has 0 saturated heterocycles. The van der Waals surface area contributed by atoms with Crippen molar-refractivity contribution in [3.63, 3.8) is 0 Å². The van der Waals surface area contributed by atoms with E-state index in [2.05, 4.69) is 9.28 Å². The number of halogens is 1. The molecule has 0 aliphatic heterocycles. The summed E-state index contributed by atoms with van der Waals surface area (Å²) in [5.41, 5.74) is 9.12. The van der Waals surface area contributed by atoms with E-state index in [4.69, 9.17) is 17.3 Å². The number of amides is 1. The second kappa shape index (κ2) is 7.65. The van der Waals surface area contributed by atoms with E-state index in [1.54, 1.807) is 12.1 Å². The average Bonchev–Trinajstić information content (AvgIpc) is 3.04. The molecule has 10 heteroatoms. The third-order valence-electron chi connectivity index (χ3n) is 3.46. The minimum Gasteiger partial charge on any atom is -0.368 e. The van der Waals surface area contributed by atoms with Crippen LogP contribution in [0.25, 0.3) is 21.2 Å². The number of nitrogens with one attached hydrogen (secondary N) is 1. The lowest BCUT2D eigenvalue weighted by atomic mass is 10.0. The third-order valence-corrected chi connectivity index (χ3v) is 5.26. The maximum atomic E-state index is 12.3. The number of thiophene rings is 1. The summed E-state index contributed by atoms with van der Waals surface area (Å²) in [7, 11) is -3.77. The molecule has 0 unspecified atom stereocenters. The van der Waals surface area contributed by atoms with Gasteiger partial charge in [-0.2, -0.15) is 13.4 Å². The molecule has 140 valence electrons. The Morgan fingerprint density at radius 3 is 2.59 bits per heavy atom. The lowest BCUT2D eigenvalue weighted by molar-refractivity contribution is 0.100. The van der Waals surface area contributed by atoms with Crippen LogP contribution in [0.4, 0.5) is 0 Å². The predicted molar refractivity (Wildman–Crippen MR) is 107 cm³/mol. The highest BCUT2D eigenvalue weighted by Crippen LogP contribution is 2.37. The smallest absolute Gasteiger partial charge is 0.290 e. The number of carbonyl (C=O) groups excluding carboxylic acids is 1. The lowest BCUT2D eigenvalue weighted by Gasteiger charge is -2.05. The topological polar surface area (TPSA) is 111 Å². The molecule has 0 aliphatic carbocycles. The summed E-state index contributed by atoms with van der Waals surface area (Å²) >= 11 is 7.54. The van der Waals surface area contributed by atoms with Gasteiger partial charge in [0.15, 0.2) is 0 Å². The van der Waals surface area contributed by atoms with Crippen molar-refractivity contribution < 1.29 is 17.5 Å². The Morgan fingerprint density at radius 2 is 1.89 bits per heavy atom. The van der Waals surface area contributed by atoms with Gasteiger partial charge in [-0.15, -0.1) is 15.6 Å². The van der Waals surface area contributed by atoms with Gasteiger partial charge in [-0.3, -0.25) is 4.79 Å². The normalized spacial score (nSPS) is 12.3. The molecule has 3 rings (SSSR count). The number of rotatable bonds is 4. The van der Waals surface area contributed by atoms with Gasteiger partial charge in [0.2, 0.25) is 5.96 Å². The van der Waals surface area contributed by atoms with Crippen molar-refractivity contribution in [1.82, 2.24) is 5.48 Å². The fourth-order valence-corrected chi connectivity index (χ4v) is 3.83. The van der Waals surface area contributed by atoms with Gasteiger partial charge in [0.25, 0.3) is 16.0 Å². The Balaban J connectivity index is 1.94. The number of hydrogen-bond acceptors (Lipinski definition) is 5. The number of guanidine groups is 1. The molecule has 3 N–H and O–H groups in total. The van der Waals surface area contributed by atoms with Crippen LogP contribution in [-0.2, 0) is 14.4 Å². The maximum absolute atomic E-state index is 12.3. The van der Waals surface area contributed by atoms with Crippen molar-refractivity contribution in [2.24, 2.45) is 10.7 Å². The molecule has 3 aromatic rings. The largest absolute Gasteiger partial charge is 0.368 e. The van der Waals surface area contributed by atoms with Gasteiger partial charge in [0.1, 0.15) is 0 Å². The Hall–Kier alpha value is -2.46. The molecule has 0 spiro atoms. The van der Waals surface area contributed by atoms with Crippen LogP contribution in [0.2, 0.25) is 5.02 Å². The molecule has 27 heavy (non-hydrogen) atoms. The summed E-state index contributed by atoms with van der Waals surface area (Å²) in [5, 5.41) is 1.46. The second-order valence-electron chi connectivity index (χ2n) is 5.50. The first-order valence-corrected chi connectivity index (χ1v) is 10.6. The van der Waals surface area contributed by atoms with Gasteiger partial charge < -0.3 is 5.73 Å². The number of carbonyl (C=O) groups is 1. The molecule has 0 atom stereocenters. The van der Waals surface area contributed by atoms with E-state index in [0.717, 1.165) is 27.5 Å². The van der Waals surface area contributed by atoms with E-state index in [1.807, 2.05) is 41.9 Å². The van der Waals surface area contributed by atoms with Crippen LogP contribution in [0.3, 0.4) is 0 Å². The van der Waals surface area contributed by atoms with Crippen molar-refractivity contribution in [3.8, 4) is 11.1 Å². The SMILES string of the molecule is CS(=O)(=O)ONC(N)=NC(=O)c1cc2c(-c3ccccc3Cl)cccc2s1. The zero-order chi connectivity index (χ0) is 19.6. The van der Waals surface area contributed by atoms with Gasteiger partial charge in [-0.05, 0) is 23.8 Å². The Morgan fingerprint density at radius 1 is 1.19 bits per heavy atom. The summed E-state index contributed by atoms with van der Waals surface area (Å²) in [6.45, 7) is 0. The fourth-order valence-electron chi connectivity index (χ4n) is 2.39. The molecule has 0 fully saturated rings. The van der Waals surface area contributed by atoms with Crippen molar-refractivity contribution in [2.75, 3.05) is 6.26 Å². The minimum atomic E-state index is -3.77. The van der Waals surface area contributed by atoms with Crippen molar-refractivity contribution >= 4 is 55.0 Å².